The summed E-state index contributed by atoms with van der Waals surface area (Å²) in [7, 11) is -3.76. The minimum Gasteiger partial charge on any atom is -0.377 e. The van der Waals surface area contributed by atoms with E-state index in [1.54, 1.807) is 0 Å². The number of rotatable bonds is 26. The van der Waals surface area contributed by atoms with Gasteiger partial charge in [-0.15, -0.1) is 0 Å². The second-order valence-corrected chi connectivity index (χ2v) is 15.7. The SMILES string of the molecule is CCCO[P+](CCC)(CCN(CCOC(C)C)CC[P+](CCC)(OCCC)OCCC)OCCC. The van der Waals surface area contributed by atoms with E-state index in [1.165, 1.54) is 0 Å². The molecule has 0 radical (unpaired) electrons. The summed E-state index contributed by atoms with van der Waals surface area (Å²) in [6.07, 6.45) is 10.6. The van der Waals surface area contributed by atoms with Crippen molar-refractivity contribution in [1.29, 1.82) is 0 Å². The van der Waals surface area contributed by atoms with Crippen LogP contribution in [0.4, 0.5) is 0 Å². The van der Waals surface area contributed by atoms with Gasteiger partial charge in [0.2, 0.25) is 0 Å². The predicted octanol–water partition coefficient (Wildman–Crippen LogP) is 7.94. The van der Waals surface area contributed by atoms with E-state index in [4.69, 9.17) is 22.8 Å². The zero-order valence-electron chi connectivity index (χ0n) is 24.7. The van der Waals surface area contributed by atoms with Crippen molar-refractivity contribution in [2.45, 2.75) is 100 Å². The van der Waals surface area contributed by atoms with Gasteiger partial charge in [0.15, 0.2) is 0 Å². The molecule has 35 heavy (non-hydrogen) atoms. The summed E-state index contributed by atoms with van der Waals surface area (Å²) in [4.78, 5) is 2.55. The maximum Gasteiger partial charge on any atom is 0.276 e. The molecule has 6 nitrogen and oxygen atoms in total. The Balaban J connectivity index is 5.52. The van der Waals surface area contributed by atoms with E-state index in [9.17, 15) is 0 Å². The van der Waals surface area contributed by atoms with Crippen LogP contribution in [0, 0.1) is 0 Å². The summed E-state index contributed by atoms with van der Waals surface area (Å²) in [6, 6.07) is 0. The highest BCUT2D eigenvalue weighted by atomic mass is 31.2. The van der Waals surface area contributed by atoms with Gasteiger partial charge < -0.3 is 4.74 Å². The molecule has 0 spiro atoms. The molecule has 0 aromatic carbocycles. The van der Waals surface area contributed by atoms with Crippen molar-refractivity contribution in [3.8, 4) is 0 Å². The quantitative estimate of drug-likeness (QED) is 0.104. The smallest absolute Gasteiger partial charge is 0.276 e. The molecule has 0 aliphatic rings. The molecule has 0 saturated heterocycles. The van der Waals surface area contributed by atoms with E-state index in [1.807, 2.05) is 0 Å². The van der Waals surface area contributed by atoms with Crippen molar-refractivity contribution in [2.75, 3.05) is 77.3 Å². The molecule has 0 amide bonds. The van der Waals surface area contributed by atoms with Crippen LogP contribution >= 0.6 is 15.4 Å². The Kier molecular flexibility index (Phi) is 23.0. The second kappa shape index (κ2) is 22.6. The Hall–Kier alpha value is 0.620. The van der Waals surface area contributed by atoms with Crippen LogP contribution in [-0.4, -0.2) is 88.3 Å². The molecule has 0 saturated carbocycles. The molecule has 8 heteroatoms. The summed E-state index contributed by atoms with van der Waals surface area (Å²) in [5, 5.41) is 0. The van der Waals surface area contributed by atoms with E-state index < -0.39 is 15.4 Å². The van der Waals surface area contributed by atoms with Gasteiger partial charge in [-0.25, -0.2) is 18.1 Å². The van der Waals surface area contributed by atoms with Gasteiger partial charge in [-0.05, 0) is 52.4 Å². The summed E-state index contributed by atoms with van der Waals surface area (Å²) in [5.74, 6) is 0. The monoisotopic (exact) mass is 541 g/mol. The first-order valence-corrected chi connectivity index (χ1v) is 18.5. The van der Waals surface area contributed by atoms with Gasteiger partial charge >= 0.3 is 0 Å². The lowest BCUT2D eigenvalue weighted by Gasteiger charge is -2.30. The van der Waals surface area contributed by atoms with Crippen LogP contribution < -0.4 is 0 Å². The Labute approximate surface area is 220 Å². The minimum atomic E-state index is -1.88. The summed E-state index contributed by atoms with van der Waals surface area (Å²) in [5.41, 5.74) is 0. The van der Waals surface area contributed by atoms with Crippen molar-refractivity contribution in [1.82, 2.24) is 4.90 Å². The van der Waals surface area contributed by atoms with Crippen LogP contribution in [0.15, 0.2) is 0 Å². The molecular formula is C27H61NO5P2+2. The van der Waals surface area contributed by atoms with Gasteiger partial charge in [0, 0.05) is 19.6 Å². The normalized spacial score (nSPS) is 12.9. The lowest BCUT2D eigenvalue weighted by atomic mass is 10.4. The molecule has 0 aromatic heterocycles. The van der Waals surface area contributed by atoms with Crippen LogP contribution in [0.1, 0.15) is 93.9 Å². The molecule has 0 fully saturated rings. The van der Waals surface area contributed by atoms with Gasteiger partial charge in [-0.3, -0.25) is 4.90 Å². The topological polar surface area (TPSA) is 49.4 Å². The Morgan fingerprint density at radius 2 is 0.857 bits per heavy atom. The van der Waals surface area contributed by atoms with Gasteiger partial charge in [-0.1, -0.05) is 41.5 Å². The molecule has 0 rings (SSSR count). The van der Waals surface area contributed by atoms with Gasteiger partial charge in [-0.2, -0.15) is 0 Å². The van der Waals surface area contributed by atoms with E-state index in [0.717, 1.165) is 116 Å². The first-order chi connectivity index (χ1) is 16.9. The standard InChI is InChI=1S/C27H61NO5P2/c1-9-18-30-34(23-13-5,31-19-10-2)25-16-28(15-22-29-27(7)8)17-26-35(24-14-6,32-20-11-3)33-21-12-4/h27H,9-26H2,1-8H3/q+2. The highest BCUT2D eigenvalue weighted by Gasteiger charge is 2.43. The third kappa shape index (κ3) is 16.9. The van der Waals surface area contributed by atoms with Crippen LogP contribution in [0.25, 0.3) is 0 Å². The van der Waals surface area contributed by atoms with E-state index >= 15 is 0 Å². The zero-order chi connectivity index (χ0) is 26.4. The molecule has 0 aliphatic heterocycles. The molecular weight excluding hydrogens is 480 g/mol. The van der Waals surface area contributed by atoms with Gasteiger partial charge in [0.1, 0.15) is 24.6 Å². The average molecular weight is 542 g/mol. The Morgan fingerprint density at radius 3 is 1.14 bits per heavy atom. The molecule has 0 aromatic rings. The van der Waals surface area contributed by atoms with Crippen LogP contribution in [-0.2, 0) is 22.8 Å². The first-order valence-electron chi connectivity index (χ1n) is 14.5. The van der Waals surface area contributed by atoms with Crippen molar-refractivity contribution in [2.24, 2.45) is 0 Å². The minimum absolute atomic E-state index is 0.247. The average Bonchev–Trinajstić information content (AvgIpc) is 2.84. The van der Waals surface area contributed by atoms with Crippen molar-refractivity contribution in [3.63, 3.8) is 0 Å². The molecule has 212 valence electrons. The lowest BCUT2D eigenvalue weighted by Crippen LogP contribution is -2.35. The number of nitrogens with zero attached hydrogens (tertiary/aromatic N) is 1. The van der Waals surface area contributed by atoms with Crippen LogP contribution in [0.5, 0.6) is 0 Å². The number of ether oxygens (including phenoxy) is 1. The number of hydrogen-bond donors (Lipinski definition) is 0. The zero-order valence-corrected chi connectivity index (χ0v) is 26.5. The van der Waals surface area contributed by atoms with Crippen LogP contribution in [0.2, 0.25) is 0 Å². The van der Waals surface area contributed by atoms with E-state index in [-0.39, 0.29) is 6.10 Å². The lowest BCUT2D eigenvalue weighted by molar-refractivity contribution is 0.0606. The number of hydrogen-bond acceptors (Lipinski definition) is 6. The van der Waals surface area contributed by atoms with Crippen molar-refractivity contribution < 1.29 is 22.8 Å². The Morgan fingerprint density at radius 1 is 0.486 bits per heavy atom. The largest absolute Gasteiger partial charge is 0.377 e. The molecule has 0 heterocycles. The maximum atomic E-state index is 6.49. The Bertz CT molecular complexity index is 421. The predicted molar refractivity (Wildman–Crippen MR) is 156 cm³/mol. The highest BCUT2D eigenvalue weighted by Crippen LogP contribution is 2.62. The molecule has 0 bridgehead atoms. The van der Waals surface area contributed by atoms with E-state index in [0.29, 0.717) is 0 Å². The third-order valence-corrected chi connectivity index (χ3v) is 12.3. The van der Waals surface area contributed by atoms with Crippen molar-refractivity contribution in [3.05, 3.63) is 0 Å². The third-order valence-electron chi connectivity index (χ3n) is 5.62. The van der Waals surface area contributed by atoms with Gasteiger partial charge in [0.05, 0.1) is 39.1 Å². The molecule has 0 aliphatic carbocycles. The summed E-state index contributed by atoms with van der Waals surface area (Å²) < 4.78 is 31.9. The molecule has 0 N–H and O–H groups in total. The summed E-state index contributed by atoms with van der Waals surface area (Å²) in [6.45, 7) is 24.2. The summed E-state index contributed by atoms with van der Waals surface area (Å²) >= 11 is 0. The fourth-order valence-corrected chi connectivity index (χ4v) is 10.1. The van der Waals surface area contributed by atoms with Gasteiger partial charge in [0.25, 0.3) is 15.4 Å². The fraction of sp³-hybridized carbons (Fsp3) is 1.00. The second-order valence-electron chi connectivity index (χ2n) is 9.62. The van der Waals surface area contributed by atoms with E-state index in [2.05, 4.69) is 60.3 Å². The molecule has 0 unspecified atom stereocenters. The van der Waals surface area contributed by atoms with Crippen molar-refractivity contribution >= 4 is 15.4 Å². The molecule has 0 atom stereocenters. The highest BCUT2D eigenvalue weighted by molar-refractivity contribution is 7.66. The first kappa shape index (κ1) is 35.6. The van der Waals surface area contributed by atoms with Crippen LogP contribution in [0.3, 0.4) is 0 Å². The maximum absolute atomic E-state index is 6.49. The fourth-order valence-electron chi connectivity index (χ4n) is 3.87.